The van der Waals surface area contributed by atoms with Crippen molar-refractivity contribution < 1.29 is 4.79 Å². The number of nitrogens with zero attached hydrogens (tertiary/aromatic N) is 2. The molecule has 2 N–H and O–H groups in total. The van der Waals surface area contributed by atoms with Crippen LogP contribution < -0.4 is 10.6 Å². The summed E-state index contributed by atoms with van der Waals surface area (Å²) in [6, 6.07) is 12.3. The number of aryl methyl sites for hydroxylation is 1. The molecule has 2 aromatic heterocycles. The maximum absolute atomic E-state index is 12.2. The molecule has 1 atom stereocenters. The van der Waals surface area contributed by atoms with Gasteiger partial charge < -0.3 is 10.6 Å². The van der Waals surface area contributed by atoms with Crippen molar-refractivity contribution in [2.45, 2.75) is 36.4 Å². The largest absolute Gasteiger partial charge is 0.350 e. The third-order valence-corrected chi connectivity index (χ3v) is 6.58. The van der Waals surface area contributed by atoms with Crippen LogP contribution in [-0.4, -0.2) is 21.4 Å². The average Bonchev–Trinajstić information content (AvgIpc) is 3.32. The molecule has 0 saturated heterocycles. The summed E-state index contributed by atoms with van der Waals surface area (Å²) in [5, 5.41) is 17.0. The van der Waals surface area contributed by atoms with E-state index in [9.17, 15) is 4.79 Å². The van der Waals surface area contributed by atoms with E-state index in [-0.39, 0.29) is 11.2 Å². The molecule has 1 aromatic carbocycles. The lowest BCUT2D eigenvalue weighted by Crippen LogP contribution is -2.30. The van der Waals surface area contributed by atoms with Gasteiger partial charge in [0.2, 0.25) is 11.0 Å². The zero-order chi connectivity index (χ0) is 18.4. The van der Waals surface area contributed by atoms with Gasteiger partial charge in [-0.05, 0) is 42.5 Å². The van der Waals surface area contributed by atoms with E-state index in [2.05, 4.69) is 39.9 Å². The van der Waals surface area contributed by atoms with Gasteiger partial charge in [0.05, 0.1) is 11.8 Å². The molecule has 1 amide bonds. The van der Waals surface area contributed by atoms with Crippen molar-refractivity contribution in [3.05, 3.63) is 52.2 Å². The second kappa shape index (κ2) is 9.16. The topological polar surface area (TPSA) is 66.9 Å². The van der Waals surface area contributed by atoms with E-state index in [0.717, 1.165) is 26.5 Å². The summed E-state index contributed by atoms with van der Waals surface area (Å²) in [6.07, 6.45) is 1.02. The molecule has 0 aliphatic carbocycles. The molecule has 3 rings (SSSR count). The highest BCUT2D eigenvalue weighted by Gasteiger charge is 2.17. The van der Waals surface area contributed by atoms with E-state index in [1.807, 2.05) is 36.6 Å². The van der Waals surface area contributed by atoms with Gasteiger partial charge in [-0.25, -0.2) is 0 Å². The van der Waals surface area contributed by atoms with Crippen molar-refractivity contribution in [2.75, 3.05) is 5.32 Å². The van der Waals surface area contributed by atoms with Crippen LogP contribution in [0.25, 0.3) is 0 Å². The fourth-order valence-corrected chi connectivity index (χ4v) is 4.78. The van der Waals surface area contributed by atoms with Gasteiger partial charge in [0.1, 0.15) is 0 Å². The van der Waals surface area contributed by atoms with Crippen molar-refractivity contribution >= 4 is 51.2 Å². The zero-order valence-electron chi connectivity index (χ0n) is 14.6. The number of hydrogen-bond acceptors (Lipinski definition) is 7. The number of carbonyl (C=O) groups excluding carboxylic acids is 1. The summed E-state index contributed by atoms with van der Waals surface area (Å²) in [6.45, 7) is 4.58. The van der Waals surface area contributed by atoms with Gasteiger partial charge in [-0.3, -0.25) is 4.79 Å². The third-order valence-electron chi connectivity index (χ3n) is 3.68. The number of aromatic nitrogens is 2. The predicted molar refractivity (Wildman–Crippen MR) is 110 cm³/mol. The lowest BCUT2D eigenvalue weighted by molar-refractivity contribution is -0.120. The van der Waals surface area contributed by atoms with Crippen molar-refractivity contribution in [1.82, 2.24) is 15.5 Å². The third kappa shape index (κ3) is 5.30. The highest BCUT2D eigenvalue weighted by Crippen LogP contribution is 2.30. The Bertz CT molecular complexity index is 831. The van der Waals surface area contributed by atoms with E-state index in [4.69, 9.17) is 0 Å². The van der Waals surface area contributed by atoms with Crippen LogP contribution in [0.15, 0.2) is 46.1 Å². The molecule has 0 aliphatic heterocycles. The van der Waals surface area contributed by atoms with Gasteiger partial charge in [0.25, 0.3) is 0 Å². The minimum absolute atomic E-state index is 0.00302. The first-order valence-electron chi connectivity index (χ1n) is 8.30. The molecule has 2 heterocycles. The van der Waals surface area contributed by atoms with E-state index >= 15 is 0 Å². The van der Waals surface area contributed by atoms with Crippen molar-refractivity contribution in [3.8, 4) is 0 Å². The van der Waals surface area contributed by atoms with Gasteiger partial charge in [-0.1, -0.05) is 48.2 Å². The molecule has 3 aromatic rings. The molecule has 8 heteroatoms. The smallest absolute Gasteiger partial charge is 0.233 e. The number of benzene rings is 1. The number of thioether (sulfide) groups is 1. The maximum atomic E-state index is 12.2. The number of thiophene rings is 1. The summed E-state index contributed by atoms with van der Waals surface area (Å²) >= 11 is 4.51. The highest BCUT2D eigenvalue weighted by atomic mass is 32.2. The van der Waals surface area contributed by atoms with E-state index in [1.54, 1.807) is 11.3 Å². The first kappa shape index (κ1) is 18.9. The molecule has 0 spiro atoms. The predicted octanol–water partition coefficient (Wildman–Crippen LogP) is 4.70. The molecule has 0 radical (unpaired) electrons. The van der Waals surface area contributed by atoms with Crippen LogP contribution >= 0.6 is 34.4 Å². The Labute approximate surface area is 165 Å². The molecule has 0 saturated carbocycles. The summed E-state index contributed by atoms with van der Waals surface area (Å²) in [5.74, 6) is 0.00302. The van der Waals surface area contributed by atoms with Crippen LogP contribution in [-0.2, 0) is 17.8 Å². The molecule has 136 valence electrons. The van der Waals surface area contributed by atoms with Crippen LogP contribution in [0.5, 0.6) is 0 Å². The molecule has 0 unspecified atom stereocenters. The Hall–Kier alpha value is -1.90. The molecular weight excluding hydrogens is 384 g/mol. The number of hydrogen-bond donors (Lipinski definition) is 2. The van der Waals surface area contributed by atoms with Gasteiger partial charge in [-0.2, -0.15) is 0 Å². The summed E-state index contributed by atoms with van der Waals surface area (Å²) in [7, 11) is 0. The number of nitrogens with one attached hydrogen (secondary N) is 2. The Morgan fingerprint density at radius 1 is 1.23 bits per heavy atom. The minimum Gasteiger partial charge on any atom is -0.350 e. The Kier molecular flexibility index (Phi) is 6.65. The molecule has 0 fully saturated rings. The molecular formula is C18H20N4OS3. The fourth-order valence-electron chi connectivity index (χ4n) is 2.19. The number of carbonyl (C=O) groups is 1. The second-order valence-corrected chi connectivity index (χ2v) is 9.20. The van der Waals surface area contributed by atoms with Crippen molar-refractivity contribution in [3.63, 3.8) is 0 Å². The van der Waals surface area contributed by atoms with Crippen LogP contribution in [0.1, 0.15) is 24.3 Å². The van der Waals surface area contributed by atoms with Crippen LogP contribution in [0, 0.1) is 0 Å². The summed E-state index contributed by atoms with van der Waals surface area (Å²) < 4.78 is 0.774. The summed E-state index contributed by atoms with van der Waals surface area (Å²) in [5.41, 5.74) is 2.28. The lowest BCUT2D eigenvalue weighted by Gasteiger charge is -2.09. The normalized spacial score (nSPS) is 11.9. The number of rotatable bonds is 8. The highest BCUT2D eigenvalue weighted by molar-refractivity contribution is 8.02. The molecule has 26 heavy (non-hydrogen) atoms. The lowest BCUT2D eigenvalue weighted by atomic mass is 10.1. The monoisotopic (exact) mass is 404 g/mol. The Balaban J connectivity index is 1.51. The van der Waals surface area contributed by atoms with E-state index in [0.29, 0.717) is 6.54 Å². The van der Waals surface area contributed by atoms with Gasteiger partial charge in [0.15, 0.2) is 4.34 Å². The Morgan fingerprint density at radius 3 is 2.73 bits per heavy atom. The van der Waals surface area contributed by atoms with Crippen molar-refractivity contribution in [2.24, 2.45) is 0 Å². The second-order valence-electron chi connectivity index (χ2n) is 5.61. The van der Waals surface area contributed by atoms with Gasteiger partial charge >= 0.3 is 0 Å². The molecule has 0 aliphatic rings. The quantitative estimate of drug-likeness (QED) is 0.533. The first-order valence-corrected chi connectivity index (χ1v) is 10.9. The van der Waals surface area contributed by atoms with Gasteiger partial charge in [0, 0.05) is 10.6 Å². The molecule has 0 bridgehead atoms. The van der Waals surface area contributed by atoms with Crippen LogP contribution in [0.2, 0.25) is 0 Å². The maximum Gasteiger partial charge on any atom is 0.233 e. The number of amides is 1. The van der Waals surface area contributed by atoms with Crippen molar-refractivity contribution in [1.29, 1.82) is 0 Å². The average molecular weight is 405 g/mol. The Morgan fingerprint density at radius 2 is 2.04 bits per heavy atom. The minimum atomic E-state index is -0.223. The SMILES string of the molecule is CCc1ccc(Nc2nnc(S[C@@H](C)C(=O)NCc3cccs3)s2)cc1. The van der Waals surface area contributed by atoms with Gasteiger partial charge in [-0.15, -0.1) is 21.5 Å². The number of anilines is 2. The molecule has 5 nitrogen and oxygen atoms in total. The van der Waals surface area contributed by atoms with Crippen LogP contribution in [0.3, 0.4) is 0 Å². The zero-order valence-corrected chi connectivity index (χ0v) is 17.0. The summed E-state index contributed by atoms with van der Waals surface area (Å²) in [4.78, 5) is 13.4. The standard InChI is InChI=1S/C18H20N4OS3/c1-3-13-6-8-14(9-7-13)20-17-21-22-18(26-17)25-12(2)16(23)19-11-15-5-4-10-24-15/h4-10,12H,3,11H2,1-2H3,(H,19,23)(H,20,21)/t12-/m0/s1. The van der Waals surface area contributed by atoms with E-state index in [1.165, 1.54) is 28.7 Å². The van der Waals surface area contributed by atoms with E-state index < -0.39 is 0 Å². The first-order chi connectivity index (χ1) is 12.6. The van der Waals surface area contributed by atoms with Crippen LogP contribution in [0.4, 0.5) is 10.8 Å². The fraction of sp³-hybridized carbons (Fsp3) is 0.278.